The number of aromatic nitrogens is 3. The number of H-pyrrole nitrogens is 1. The molecule has 2 aromatic heterocycles. The summed E-state index contributed by atoms with van der Waals surface area (Å²) in [4.78, 5) is 29.6. The monoisotopic (exact) mass is 473 g/mol. The minimum Gasteiger partial charge on any atom is -0.473 e. The maximum atomic E-state index is 12.4. The van der Waals surface area contributed by atoms with Gasteiger partial charge in [0.15, 0.2) is 5.82 Å². The number of hydrogen-bond donors (Lipinski definition) is 3. The van der Waals surface area contributed by atoms with Gasteiger partial charge in [0.2, 0.25) is 5.91 Å². The number of carbonyl (C=O) groups is 2. The van der Waals surface area contributed by atoms with Crippen LogP contribution in [0.5, 0.6) is 5.19 Å². The van der Waals surface area contributed by atoms with Crippen molar-refractivity contribution in [1.29, 1.82) is 0 Å². The van der Waals surface area contributed by atoms with Gasteiger partial charge in [-0.15, -0.1) is 0 Å². The Morgan fingerprint density at radius 3 is 2.82 bits per heavy atom. The maximum Gasteiger partial charge on any atom is 0.407 e. The van der Waals surface area contributed by atoms with E-state index in [9.17, 15) is 9.59 Å². The highest BCUT2D eigenvalue weighted by Gasteiger charge is 2.71. The number of anilines is 1. The average Bonchev–Trinajstić information content (AvgIpc) is 3.11. The third kappa shape index (κ3) is 4.32. The molecule has 2 aromatic rings. The molecule has 3 fully saturated rings. The molecule has 0 bridgehead atoms. The van der Waals surface area contributed by atoms with Crippen molar-refractivity contribution in [2.24, 2.45) is 10.8 Å². The van der Waals surface area contributed by atoms with Crippen molar-refractivity contribution in [3.8, 4) is 5.19 Å². The van der Waals surface area contributed by atoms with Gasteiger partial charge in [-0.25, -0.2) is 9.78 Å². The number of carbonyl (C=O) groups excluding carboxylic acids is 2. The normalized spacial score (nSPS) is 26.9. The summed E-state index contributed by atoms with van der Waals surface area (Å²) in [5, 5.41) is 13.7. The molecule has 3 saturated carbocycles. The first-order valence-electron chi connectivity index (χ1n) is 11.6. The Morgan fingerprint density at radius 1 is 1.30 bits per heavy atom. The molecule has 0 aliphatic heterocycles. The van der Waals surface area contributed by atoms with Crippen molar-refractivity contribution in [1.82, 2.24) is 20.5 Å². The molecular weight excluding hydrogens is 442 g/mol. The molecule has 3 aliphatic carbocycles. The standard InChI is InChI=1S/C23H31N5O4S/c1-13(2)25-20(30)32-19-22(6-7-22)12-23(19)5-4-14(10-23)16-9-17(28-27-16)26-18(29)8-15-11-24-21(31-3)33-15/h9,11,13-14,19H,4-8,10,12H2,1-3H3,(H,25,30)(H2,26,27,28,29)/t14-,19?,23?/m0/s1. The second-order valence-corrected chi connectivity index (χ2v) is 11.2. The summed E-state index contributed by atoms with van der Waals surface area (Å²) in [5.41, 5.74) is 1.31. The molecule has 3 atom stereocenters. The SMILES string of the molecule is COc1ncc(CC(=O)Nc2cc([C@H]3CCC4(C3)CC3(CC3)C4OC(=O)NC(C)C)[nH]n2)s1. The Labute approximate surface area is 197 Å². The number of aromatic amines is 1. The molecule has 3 N–H and O–H groups in total. The van der Waals surface area contributed by atoms with Crippen molar-refractivity contribution < 1.29 is 19.1 Å². The number of amides is 2. The molecule has 2 heterocycles. The van der Waals surface area contributed by atoms with Gasteiger partial charge in [-0.2, -0.15) is 5.10 Å². The van der Waals surface area contributed by atoms with Crippen LogP contribution in [0.4, 0.5) is 10.6 Å². The highest BCUT2D eigenvalue weighted by atomic mass is 32.1. The van der Waals surface area contributed by atoms with Gasteiger partial charge in [0.1, 0.15) is 6.10 Å². The predicted octanol–water partition coefficient (Wildman–Crippen LogP) is 4.00. The molecule has 2 amide bonds. The number of nitrogens with one attached hydrogen (secondary N) is 3. The summed E-state index contributed by atoms with van der Waals surface area (Å²) in [6, 6.07) is 2.00. The first-order valence-corrected chi connectivity index (χ1v) is 12.4. The minimum atomic E-state index is -0.297. The van der Waals surface area contributed by atoms with Gasteiger partial charge in [-0.3, -0.25) is 9.89 Å². The Bertz CT molecular complexity index is 1050. The summed E-state index contributed by atoms with van der Waals surface area (Å²) in [7, 11) is 1.56. The van der Waals surface area contributed by atoms with E-state index >= 15 is 0 Å². The van der Waals surface area contributed by atoms with Gasteiger partial charge >= 0.3 is 6.09 Å². The van der Waals surface area contributed by atoms with Crippen LogP contribution in [0.1, 0.15) is 68.9 Å². The Balaban J connectivity index is 1.19. The lowest BCUT2D eigenvalue weighted by molar-refractivity contribution is -0.136. The van der Waals surface area contributed by atoms with Gasteiger partial charge in [0, 0.05) is 45.6 Å². The first-order chi connectivity index (χ1) is 15.8. The molecule has 0 saturated heterocycles. The summed E-state index contributed by atoms with van der Waals surface area (Å²) in [5.74, 6) is 0.717. The van der Waals surface area contributed by atoms with E-state index < -0.39 is 0 Å². The van der Waals surface area contributed by atoms with Crippen LogP contribution in [-0.4, -0.2) is 46.4 Å². The molecule has 3 aliphatic rings. The van der Waals surface area contributed by atoms with Crippen molar-refractivity contribution in [2.45, 2.75) is 76.9 Å². The highest BCUT2D eigenvalue weighted by molar-refractivity contribution is 7.13. The molecule has 10 heteroatoms. The third-order valence-electron chi connectivity index (χ3n) is 7.33. The number of rotatable bonds is 7. The van der Waals surface area contributed by atoms with E-state index in [2.05, 4.69) is 25.8 Å². The number of hydrogen-bond acceptors (Lipinski definition) is 7. The van der Waals surface area contributed by atoms with E-state index in [4.69, 9.17) is 9.47 Å². The highest BCUT2D eigenvalue weighted by Crippen LogP contribution is 2.75. The van der Waals surface area contributed by atoms with Crippen molar-refractivity contribution in [2.75, 3.05) is 12.4 Å². The van der Waals surface area contributed by atoms with E-state index in [1.807, 2.05) is 19.9 Å². The fourth-order valence-corrected chi connectivity index (χ4v) is 6.59. The lowest BCUT2D eigenvalue weighted by Crippen LogP contribution is -2.56. The van der Waals surface area contributed by atoms with Crippen molar-refractivity contribution in [3.63, 3.8) is 0 Å². The zero-order valence-corrected chi connectivity index (χ0v) is 20.1. The average molecular weight is 474 g/mol. The minimum absolute atomic E-state index is 0.00670. The number of alkyl carbamates (subject to hydrolysis) is 1. The van der Waals surface area contributed by atoms with Crippen LogP contribution in [0.15, 0.2) is 12.3 Å². The maximum absolute atomic E-state index is 12.4. The molecule has 2 spiro atoms. The fourth-order valence-electron chi connectivity index (χ4n) is 5.87. The molecule has 5 rings (SSSR count). The van der Waals surface area contributed by atoms with Crippen molar-refractivity contribution >= 4 is 29.2 Å². The van der Waals surface area contributed by atoms with Crippen LogP contribution in [-0.2, 0) is 16.0 Å². The number of methoxy groups -OCH3 is 1. The first kappa shape index (κ1) is 22.2. The molecule has 9 nitrogen and oxygen atoms in total. The Kier molecular flexibility index (Phi) is 5.58. The van der Waals surface area contributed by atoms with Gasteiger partial charge in [-0.1, -0.05) is 11.3 Å². The van der Waals surface area contributed by atoms with Crippen LogP contribution in [0.3, 0.4) is 0 Å². The molecular formula is C23H31N5O4S. The second kappa shape index (κ2) is 8.30. The van der Waals surface area contributed by atoms with E-state index in [1.165, 1.54) is 11.3 Å². The molecule has 178 valence electrons. The summed E-state index contributed by atoms with van der Waals surface area (Å²) < 4.78 is 11.1. The topological polar surface area (TPSA) is 118 Å². The fraction of sp³-hybridized carbons (Fsp3) is 0.652. The van der Waals surface area contributed by atoms with Crippen LogP contribution in [0.2, 0.25) is 0 Å². The number of thiazole rings is 1. The van der Waals surface area contributed by atoms with Crippen molar-refractivity contribution in [3.05, 3.63) is 22.8 Å². The number of ether oxygens (including phenoxy) is 2. The van der Waals surface area contributed by atoms with Gasteiger partial charge in [0.25, 0.3) is 5.19 Å². The van der Waals surface area contributed by atoms with Gasteiger partial charge in [0.05, 0.1) is 13.5 Å². The van der Waals surface area contributed by atoms with E-state index in [1.54, 1.807) is 13.3 Å². The molecule has 0 radical (unpaired) electrons. The summed E-state index contributed by atoms with van der Waals surface area (Å²) >= 11 is 1.36. The lowest BCUT2D eigenvalue weighted by atomic mass is 9.55. The van der Waals surface area contributed by atoms with E-state index in [0.29, 0.717) is 16.9 Å². The van der Waals surface area contributed by atoms with E-state index in [-0.39, 0.29) is 41.4 Å². The molecule has 0 aromatic carbocycles. The largest absolute Gasteiger partial charge is 0.473 e. The van der Waals surface area contributed by atoms with Crippen LogP contribution < -0.4 is 15.4 Å². The zero-order chi connectivity index (χ0) is 23.2. The zero-order valence-electron chi connectivity index (χ0n) is 19.3. The Hall–Kier alpha value is -2.62. The third-order valence-corrected chi connectivity index (χ3v) is 8.29. The summed E-state index contributed by atoms with van der Waals surface area (Å²) in [6.07, 6.45) is 8.11. The van der Waals surface area contributed by atoms with Gasteiger partial charge < -0.3 is 20.1 Å². The number of nitrogens with zero attached hydrogens (tertiary/aromatic N) is 2. The smallest absolute Gasteiger partial charge is 0.407 e. The lowest BCUT2D eigenvalue weighted by Gasteiger charge is -2.53. The second-order valence-electron chi connectivity index (χ2n) is 10.2. The Morgan fingerprint density at radius 2 is 2.12 bits per heavy atom. The van der Waals surface area contributed by atoms with Crippen LogP contribution in [0, 0.1) is 10.8 Å². The van der Waals surface area contributed by atoms with Crippen LogP contribution >= 0.6 is 11.3 Å². The van der Waals surface area contributed by atoms with E-state index in [0.717, 1.165) is 49.1 Å². The predicted molar refractivity (Wildman–Crippen MR) is 123 cm³/mol. The van der Waals surface area contributed by atoms with Gasteiger partial charge in [-0.05, 0) is 52.4 Å². The quantitative estimate of drug-likeness (QED) is 0.559. The molecule has 2 unspecified atom stereocenters. The summed E-state index contributed by atoms with van der Waals surface area (Å²) in [6.45, 7) is 3.89. The molecule has 33 heavy (non-hydrogen) atoms. The van der Waals surface area contributed by atoms with Crippen LogP contribution in [0.25, 0.3) is 0 Å².